The molecule has 0 radical (unpaired) electrons. The van der Waals surface area contributed by atoms with E-state index >= 15 is 0 Å². The zero-order valence-electron chi connectivity index (χ0n) is 8.49. The van der Waals surface area contributed by atoms with Crippen LogP contribution in [0.15, 0.2) is 24.3 Å². The number of para-hydroxylation sites is 1. The van der Waals surface area contributed by atoms with Gasteiger partial charge in [0.1, 0.15) is 12.0 Å². The van der Waals surface area contributed by atoms with E-state index in [1.54, 1.807) is 7.11 Å². The predicted octanol–water partition coefficient (Wildman–Crippen LogP) is 1.70. The van der Waals surface area contributed by atoms with Crippen LogP contribution in [-0.2, 0) is 4.74 Å². The summed E-state index contributed by atoms with van der Waals surface area (Å²) in [5.74, 6) is 0.874. The molecule has 1 aromatic rings. The van der Waals surface area contributed by atoms with Crippen molar-refractivity contribution in [2.24, 2.45) is 0 Å². The summed E-state index contributed by atoms with van der Waals surface area (Å²) >= 11 is 0. The second-order valence-electron chi connectivity index (χ2n) is 3.48. The highest BCUT2D eigenvalue weighted by Gasteiger charge is 2.24. The van der Waals surface area contributed by atoms with Gasteiger partial charge in [0.05, 0.1) is 13.2 Å². The molecule has 14 heavy (non-hydrogen) atoms. The molecule has 1 saturated heterocycles. The second-order valence-corrected chi connectivity index (χ2v) is 3.48. The van der Waals surface area contributed by atoms with E-state index in [9.17, 15) is 0 Å². The molecule has 0 bridgehead atoms. The van der Waals surface area contributed by atoms with Crippen molar-refractivity contribution in [1.82, 2.24) is 5.32 Å². The lowest BCUT2D eigenvalue weighted by molar-refractivity contribution is 0.0495. The molecular formula is C11H15NO2. The number of methoxy groups -OCH3 is 1. The average Bonchev–Trinajstić information content (AvgIpc) is 2.65. The normalized spacial score (nSPS) is 26.4. The molecule has 0 aromatic heterocycles. The molecule has 0 amide bonds. The molecule has 1 aliphatic rings. The zero-order chi connectivity index (χ0) is 9.97. The van der Waals surface area contributed by atoms with Crippen LogP contribution in [0.25, 0.3) is 0 Å². The van der Waals surface area contributed by atoms with Gasteiger partial charge in [0.15, 0.2) is 0 Å². The highest BCUT2D eigenvalue weighted by molar-refractivity contribution is 5.35. The molecule has 0 aliphatic carbocycles. The summed E-state index contributed by atoms with van der Waals surface area (Å²) in [6, 6.07) is 7.92. The van der Waals surface area contributed by atoms with Crippen LogP contribution in [0.3, 0.4) is 0 Å². The fourth-order valence-corrected chi connectivity index (χ4v) is 1.67. The van der Waals surface area contributed by atoms with E-state index in [4.69, 9.17) is 9.47 Å². The minimum atomic E-state index is -0.0267. The van der Waals surface area contributed by atoms with Crippen molar-refractivity contribution < 1.29 is 9.47 Å². The van der Waals surface area contributed by atoms with Gasteiger partial charge in [-0.05, 0) is 13.0 Å². The van der Waals surface area contributed by atoms with Gasteiger partial charge < -0.3 is 9.47 Å². The lowest BCUT2D eigenvalue weighted by Crippen LogP contribution is -2.15. The maximum Gasteiger partial charge on any atom is 0.138 e. The monoisotopic (exact) mass is 193 g/mol. The van der Waals surface area contributed by atoms with Crippen molar-refractivity contribution >= 4 is 0 Å². The molecule has 0 saturated carbocycles. The Morgan fingerprint density at radius 2 is 2.21 bits per heavy atom. The van der Waals surface area contributed by atoms with Gasteiger partial charge in [-0.25, -0.2) is 0 Å². The Balaban J connectivity index is 2.22. The lowest BCUT2D eigenvalue weighted by Gasteiger charge is -2.14. The molecule has 76 valence electrons. The van der Waals surface area contributed by atoms with Gasteiger partial charge in [-0.3, -0.25) is 5.32 Å². The first kappa shape index (κ1) is 9.49. The Kier molecular flexibility index (Phi) is 2.70. The van der Waals surface area contributed by atoms with Crippen molar-refractivity contribution in [2.75, 3.05) is 13.7 Å². The highest BCUT2D eigenvalue weighted by atomic mass is 16.5. The summed E-state index contributed by atoms with van der Waals surface area (Å²) in [7, 11) is 1.68. The zero-order valence-corrected chi connectivity index (χ0v) is 8.49. The van der Waals surface area contributed by atoms with Gasteiger partial charge in [0.2, 0.25) is 0 Å². The predicted molar refractivity (Wildman–Crippen MR) is 54.3 cm³/mol. The number of nitrogens with one attached hydrogen (secondary N) is 1. The molecule has 3 nitrogen and oxygen atoms in total. The van der Waals surface area contributed by atoms with Crippen molar-refractivity contribution in [3.63, 3.8) is 0 Å². The van der Waals surface area contributed by atoms with E-state index in [0.29, 0.717) is 0 Å². The van der Waals surface area contributed by atoms with Gasteiger partial charge in [-0.2, -0.15) is 0 Å². The quantitative estimate of drug-likeness (QED) is 0.775. The fraction of sp³-hybridized carbons (Fsp3) is 0.455. The van der Waals surface area contributed by atoms with Crippen LogP contribution >= 0.6 is 0 Å². The van der Waals surface area contributed by atoms with Crippen LogP contribution in [0.1, 0.15) is 18.7 Å². The molecular weight excluding hydrogens is 178 g/mol. The minimum absolute atomic E-state index is 0.0267. The second kappa shape index (κ2) is 3.98. The van der Waals surface area contributed by atoms with Crippen molar-refractivity contribution in [1.29, 1.82) is 0 Å². The van der Waals surface area contributed by atoms with Gasteiger partial charge >= 0.3 is 0 Å². The molecule has 2 atom stereocenters. The SMILES string of the molecule is COc1ccccc1C1NCC(C)O1. The van der Waals surface area contributed by atoms with E-state index in [1.807, 2.05) is 24.3 Å². The van der Waals surface area contributed by atoms with Crippen LogP contribution in [-0.4, -0.2) is 19.8 Å². The number of ether oxygens (including phenoxy) is 2. The number of hydrogen-bond donors (Lipinski definition) is 1. The number of benzene rings is 1. The molecule has 1 N–H and O–H groups in total. The molecule has 0 spiro atoms. The number of rotatable bonds is 2. The Morgan fingerprint density at radius 1 is 1.43 bits per heavy atom. The van der Waals surface area contributed by atoms with Crippen LogP contribution < -0.4 is 10.1 Å². The summed E-state index contributed by atoms with van der Waals surface area (Å²) < 4.78 is 11.0. The molecule has 2 rings (SSSR count). The van der Waals surface area contributed by atoms with Crippen LogP contribution in [0.2, 0.25) is 0 Å². The Labute approximate surface area is 84.0 Å². The standard InChI is InChI=1S/C11H15NO2/c1-8-7-12-11(14-8)9-5-3-4-6-10(9)13-2/h3-6,8,11-12H,7H2,1-2H3. The Hall–Kier alpha value is -1.06. The average molecular weight is 193 g/mol. The van der Waals surface area contributed by atoms with Crippen LogP contribution in [0, 0.1) is 0 Å². The van der Waals surface area contributed by atoms with E-state index < -0.39 is 0 Å². The third-order valence-electron chi connectivity index (χ3n) is 2.38. The minimum Gasteiger partial charge on any atom is -0.496 e. The summed E-state index contributed by atoms with van der Waals surface area (Å²) in [5, 5.41) is 3.30. The first-order valence-electron chi connectivity index (χ1n) is 4.83. The van der Waals surface area contributed by atoms with Gasteiger partial charge in [-0.15, -0.1) is 0 Å². The summed E-state index contributed by atoms with van der Waals surface area (Å²) in [5.41, 5.74) is 1.07. The van der Waals surface area contributed by atoms with Crippen LogP contribution in [0.4, 0.5) is 0 Å². The largest absolute Gasteiger partial charge is 0.496 e. The Morgan fingerprint density at radius 3 is 2.86 bits per heavy atom. The van der Waals surface area contributed by atoms with Crippen molar-refractivity contribution in [3.8, 4) is 5.75 Å². The van der Waals surface area contributed by atoms with E-state index in [1.165, 1.54) is 0 Å². The summed E-state index contributed by atoms with van der Waals surface area (Å²) in [4.78, 5) is 0. The Bertz CT molecular complexity index is 314. The molecule has 1 aromatic carbocycles. The first-order chi connectivity index (χ1) is 6.81. The topological polar surface area (TPSA) is 30.5 Å². The molecule has 2 unspecified atom stereocenters. The lowest BCUT2D eigenvalue weighted by atomic mass is 10.2. The van der Waals surface area contributed by atoms with E-state index in [2.05, 4.69) is 12.2 Å². The smallest absolute Gasteiger partial charge is 0.138 e. The first-order valence-corrected chi connectivity index (χ1v) is 4.83. The van der Waals surface area contributed by atoms with Crippen LogP contribution in [0.5, 0.6) is 5.75 Å². The van der Waals surface area contributed by atoms with E-state index in [-0.39, 0.29) is 12.3 Å². The summed E-state index contributed by atoms with van der Waals surface area (Å²) in [6.07, 6.45) is 0.242. The third kappa shape index (κ3) is 1.74. The van der Waals surface area contributed by atoms with Crippen molar-refractivity contribution in [3.05, 3.63) is 29.8 Å². The van der Waals surface area contributed by atoms with Gasteiger partial charge in [0.25, 0.3) is 0 Å². The molecule has 1 aliphatic heterocycles. The number of hydrogen-bond acceptors (Lipinski definition) is 3. The molecule has 3 heteroatoms. The molecule has 1 fully saturated rings. The third-order valence-corrected chi connectivity index (χ3v) is 2.38. The van der Waals surface area contributed by atoms with E-state index in [0.717, 1.165) is 17.9 Å². The summed E-state index contributed by atoms with van der Waals surface area (Å²) in [6.45, 7) is 2.95. The van der Waals surface area contributed by atoms with Gasteiger partial charge in [0, 0.05) is 12.1 Å². The van der Waals surface area contributed by atoms with Gasteiger partial charge in [-0.1, -0.05) is 18.2 Å². The fourth-order valence-electron chi connectivity index (χ4n) is 1.67. The van der Waals surface area contributed by atoms with Crippen molar-refractivity contribution in [2.45, 2.75) is 19.3 Å². The highest BCUT2D eigenvalue weighted by Crippen LogP contribution is 2.28. The maximum atomic E-state index is 5.70. The maximum absolute atomic E-state index is 5.70. The molecule has 1 heterocycles.